The normalized spacial score (nSPS) is 13.7. The van der Waals surface area contributed by atoms with E-state index < -0.39 is 10.9 Å². The topological polar surface area (TPSA) is 134 Å². The standard InChI is InChI=1S/C21H21N5O6/c27-21(17-13-16(26(28)29)5-6-18(17)25-8-11-30-12-9-25)31-10-2-4-19-23-20(24-32-19)15-3-1-7-22-14-15/h1,3,5-7,13-14H,2,4,8-12H2. The zero-order valence-electron chi connectivity index (χ0n) is 17.2. The van der Waals surface area contributed by atoms with Crippen LogP contribution < -0.4 is 4.90 Å². The Labute approximate surface area is 183 Å². The Bertz CT molecular complexity index is 1080. The van der Waals surface area contributed by atoms with E-state index in [0.717, 1.165) is 5.56 Å². The number of hydrogen-bond donors (Lipinski definition) is 0. The molecule has 0 bridgehead atoms. The van der Waals surface area contributed by atoms with Crippen LogP contribution in [0.1, 0.15) is 22.7 Å². The molecule has 1 aliphatic heterocycles. The number of nitrogens with zero attached hydrogens (tertiary/aromatic N) is 5. The summed E-state index contributed by atoms with van der Waals surface area (Å²) in [6, 6.07) is 7.83. The molecule has 166 valence electrons. The third kappa shape index (κ3) is 5.06. The Morgan fingerprint density at radius 1 is 1.25 bits per heavy atom. The maximum atomic E-state index is 12.7. The zero-order chi connectivity index (χ0) is 22.3. The number of carbonyl (C=O) groups excluding carboxylic acids is 1. The Kier molecular flexibility index (Phi) is 6.66. The number of ether oxygens (including phenoxy) is 2. The molecule has 0 unspecified atom stereocenters. The fourth-order valence-electron chi connectivity index (χ4n) is 3.32. The van der Waals surface area contributed by atoms with Crippen molar-refractivity contribution in [3.63, 3.8) is 0 Å². The first-order chi connectivity index (χ1) is 15.6. The molecule has 2 aromatic heterocycles. The molecule has 32 heavy (non-hydrogen) atoms. The largest absolute Gasteiger partial charge is 0.462 e. The lowest BCUT2D eigenvalue weighted by Crippen LogP contribution is -2.37. The summed E-state index contributed by atoms with van der Waals surface area (Å²) in [5.74, 6) is 0.248. The Morgan fingerprint density at radius 3 is 2.84 bits per heavy atom. The lowest BCUT2D eigenvalue weighted by atomic mass is 10.1. The van der Waals surface area contributed by atoms with Gasteiger partial charge in [0.15, 0.2) is 0 Å². The van der Waals surface area contributed by atoms with E-state index in [0.29, 0.717) is 56.5 Å². The molecular weight excluding hydrogens is 418 g/mol. The van der Waals surface area contributed by atoms with E-state index in [1.54, 1.807) is 24.5 Å². The number of pyridine rings is 1. The quantitative estimate of drug-likeness (QED) is 0.223. The van der Waals surface area contributed by atoms with Crippen molar-refractivity contribution < 1.29 is 23.7 Å². The van der Waals surface area contributed by atoms with E-state index in [9.17, 15) is 14.9 Å². The molecule has 0 saturated carbocycles. The zero-order valence-corrected chi connectivity index (χ0v) is 17.2. The molecule has 1 fully saturated rings. The van der Waals surface area contributed by atoms with Gasteiger partial charge in [-0.05, 0) is 24.6 Å². The lowest BCUT2D eigenvalue weighted by molar-refractivity contribution is -0.384. The van der Waals surface area contributed by atoms with Crippen LogP contribution in [0.25, 0.3) is 11.4 Å². The number of rotatable bonds is 8. The molecule has 0 aliphatic carbocycles. The summed E-state index contributed by atoms with van der Waals surface area (Å²) >= 11 is 0. The molecular formula is C21H21N5O6. The molecule has 1 aliphatic rings. The maximum absolute atomic E-state index is 12.7. The van der Waals surface area contributed by atoms with Gasteiger partial charge in [0.05, 0.1) is 36.0 Å². The molecule has 3 aromatic rings. The average Bonchev–Trinajstić information content (AvgIpc) is 3.31. The van der Waals surface area contributed by atoms with Crippen LogP contribution in [0.15, 0.2) is 47.2 Å². The van der Waals surface area contributed by atoms with Gasteiger partial charge in [0.1, 0.15) is 0 Å². The second kappa shape index (κ2) is 9.96. The Hall–Kier alpha value is -3.86. The third-order valence-electron chi connectivity index (χ3n) is 4.92. The predicted octanol–water partition coefficient (Wildman–Crippen LogP) is 2.67. The second-order valence-electron chi connectivity index (χ2n) is 7.05. The molecule has 0 spiro atoms. The highest BCUT2D eigenvalue weighted by atomic mass is 16.6. The number of hydrogen-bond acceptors (Lipinski definition) is 10. The van der Waals surface area contributed by atoms with E-state index in [1.807, 2.05) is 11.0 Å². The van der Waals surface area contributed by atoms with Crippen LogP contribution in [-0.2, 0) is 15.9 Å². The Morgan fingerprint density at radius 2 is 2.09 bits per heavy atom. The highest BCUT2D eigenvalue weighted by molar-refractivity contribution is 5.96. The minimum atomic E-state index is -0.614. The molecule has 0 atom stereocenters. The summed E-state index contributed by atoms with van der Waals surface area (Å²) in [5, 5.41) is 15.1. The van der Waals surface area contributed by atoms with Crippen molar-refractivity contribution in [2.75, 3.05) is 37.8 Å². The summed E-state index contributed by atoms with van der Waals surface area (Å²) in [5.41, 5.74) is 1.35. The van der Waals surface area contributed by atoms with E-state index in [1.165, 1.54) is 12.1 Å². The van der Waals surface area contributed by atoms with Crippen molar-refractivity contribution in [1.82, 2.24) is 15.1 Å². The summed E-state index contributed by atoms with van der Waals surface area (Å²) < 4.78 is 16.0. The van der Waals surface area contributed by atoms with Crippen molar-refractivity contribution in [2.45, 2.75) is 12.8 Å². The summed E-state index contributed by atoms with van der Waals surface area (Å²) in [6.07, 6.45) is 4.18. The molecule has 0 N–H and O–H groups in total. The number of anilines is 1. The fourth-order valence-corrected chi connectivity index (χ4v) is 3.32. The molecule has 1 aromatic carbocycles. The van der Waals surface area contributed by atoms with Crippen molar-refractivity contribution in [3.05, 3.63) is 64.3 Å². The fraction of sp³-hybridized carbons (Fsp3) is 0.333. The van der Waals surface area contributed by atoms with Gasteiger partial charge in [-0.15, -0.1) is 0 Å². The van der Waals surface area contributed by atoms with Gasteiger partial charge < -0.3 is 18.9 Å². The number of carbonyl (C=O) groups is 1. The number of aryl methyl sites for hydroxylation is 1. The van der Waals surface area contributed by atoms with Gasteiger partial charge in [-0.2, -0.15) is 4.98 Å². The average molecular weight is 439 g/mol. The first-order valence-corrected chi connectivity index (χ1v) is 10.1. The van der Waals surface area contributed by atoms with Crippen LogP contribution in [0.2, 0.25) is 0 Å². The lowest BCUT2D eigenvalue weighted by Gasteiger charge is -2.30. The van der Waals surface area contributed by atoms with Gasteiger partial charge in [-0.25, -0.2) is 4.79 Å². The predicted molar refractivity (Wildman–Crippen MR) is 112 cm³/mol. The number of non-ortho nitro benzene ring substituents is 1. The Balaban J connectivity index is 1.37. The van der Waals surface area contributed by atoms with Gasteiger partial charge in [0.2, 0.25) is 11.7 Å². The number of benzene rings is 1. The highest BCUT2D eigenvalue weighted by Gasteiger charge is 2.23. The van der Waals surface area contributed by atoms with Gasteiger partial charge in [0.25, 0.3) is 5.69 Å². The molecule has 0 amide bonds. The van der Waals surface area contributed by atoms with Crippen molar-refractivity contribution in [1.29, 1.82) is 0 Å². The van der Waals surface area contributed by atoms with Crippen molar-refractivity contribution in [2.24, 2.45) is 0 Å². The maximum Gasteiger partial charge on any atom is 0.340 e. The van der Waals surface area contributed by atoms with Crippen LogP contribution >= 0.6 is 0 Å². The molecule has 1 saturated heterocycles. The van der Waals surface area contributed by atoms with Gasteiger partial charge in [0, 0.05) is 49.6 Å². The molecule has 11 heteroatoms. The molecule has 11 nitrogen and oxygen atoms in total. The highest BCUT2D eigenvalue weighted by Crippen LogP contribution is 2.27. The first kappa shape index (κ1) is 21.4. The minimum absolute atomic E-state index is 0.106. The van der Waals surface area contributed by atoms with Crippen LogP contribution in [0.4, 0.5) is 11.4 Å². The first-order valence-electron chi connectivity index (χ1n) is 10.1. The van der Waals surface area contributed by atoms with E-state index >= 15 is 0 Å². The summed E-state index contributed by atoms with van der Waals surface area (Å²) in [4.78, 5) is 33.7. The van der Waals surface area contributed by atoms with Crippen LogP contribution in [0, 0.1) is 10.1 Å². The molecule has 4 rings (SSSR count). The molecule has 0 radical (unpaired) electrons. The van der Waals surface area contributed by atoms with Gasteiger partial charge in [-0.1, -0.05) is 5.16 Å². The van der Waals surface area contributed by atoms with E-state index in [4.69, 9.17) is 14.0 Å². The monoisotopic (exact) mass is 439 g/mol. The van der Waals surface area contributed by atoms with E-state index in [2.05, 4.69) is 15.1 Å². The summed E-state index contributed by atoms with van der Waals surface area (Å²) in [7, 11) is 0. The van der Waals surface area contributed by atoms with E-state index in [-0.39, 0.29) is 17.9 Å². The third-order valence-corrected chi connectivity index (χ3v) is 4.92. The van der Waals surface area contributed by atoms with Crippen LogP contribution in [0.3, 0.4) is 0 Å². The van der Waals surface area contributed by atoms with Crippen molar-refractivity contribution in [3.8, 4) is 11.4 Å². The number of morpholine rings is 1. The minimum Gasteiger partial charge on any atom is -0.462 e. The van der Waals surface area contributed by atoms with Crippen molar-refractivity contribution >= 4 is 17.3 Å². The number of nitro benzene ring substituents is 1. The smallest absolute Gasteiger partial charge is 0.340 e. The van der Waals surface area contributed by atoms with Gasteiger partial charge in [-0.3, -0.25) is 15.1 Å². The second-order valence-corrected chi connectivity index (χ2v) is 7.05. The molecule has 3 heterocycles. The van der Waals surface area contributed by atoms with Gasteiger partial charge >= 0.3 is 5.97 Å². The number of aromatic nitrogens is 3. The van der Waals surface area contributed by atoms with Crippen LogP contribution in [-0.4, -0.2) is 58.9 Å². The number of esters is 1. The SMILES string of the molecule is O=C(OCCCc1nc(-c2cccnc2)no1)c1cc([N+](=O)[O-])ccc1N1CCOCC1. The number of nitro groups is 1. The summed E-state index contributed by atoms with van der Waals surface area (Å²) in [6.45, 7) is 2.34. The van der Waals surface area contributed by atoms with Crippen LogP contribution in [0.5, 0.6) is 0 Å².